The third-order valence-electron chi connectivity index (χ3n) is 5.76. The zero-order valence-electron chi connectivity index (χ0n) is 14.4. The minimum atomic E-state index is 0.331. The number of piperidine rings is 1. The smallest absolute Gasteiger partial charge is 0.222 e. The maximum absolute atomic E-state index is 12.5. The van der Waals surface area contributed by atoms with Gasteiger partial charge in [-0.25, -0.2) is 0 Å². The second-order valence-electron chi connectivity index (χ2n) is 7.29. The van der Waals surface area contributed by atoms with Crippen molar-refractivity contribution in [1.29, 1.82) is 0 Å². The van der Waals surface area contributed by atoms with Gasteiger partial charge in [-0.05, 0) is 50.7 Å². The van der Waals surface area contributed by atoms with Gasteiger partial charge >= 0.3 is 0 Å². The highest BCUT2D eigenvalue weighted by molar-refractivity contribution is 5.78. The number of hydrogen-bond acceptors (Lipinski definition) is 5. The monoisotopic (exact) mass is 330 g/mol. The van der Waals surface area contributed by atoms with Gasteiger partial charge in [-0.2, -0.15) is 5.10 Å². The number of likely N-dealkylation sites (tertiary alicyclic amines) is 1. The Morgan fingerprint density at radius 1 is 1.12 bits per heavy atom. The maximum atomic E-state index is 12.5. The molecule has 0 N–H and O–H groups in total. The Morgan fingerprint density at radius 3 is 2.71 bits per heavy atom. The van der Waals surface area contributed by atoms with E-state index in [1.54, 1.807) is 0 Å². The van der Waals surface area contributed by atoms with Gasteiger partial charge in [0, 0.05) is 32.7 Å². The van der Waals surface area contributed by atoms with Crippen molar-refractivity contribution in [2.75, 3.05) is 31.2 Å². The van der Waals surface area contributed by atoms with E-state index in [1.165, 1.54) is 0 Å². The van der Waals surface area contributed by atoms with Crippen molar-refractivity contribution < 1.29 is 9.53 Å². The number of hydrogen-bond donors (Lipinski definition) is 0. The molecule has 4 rings (SSSR count). The van der Waals surface area contributed by atoms with Crippen molar-refractivity contribution in [1.82, 2.24) is 15.1 Å². The lowest BCUT2D eigenvalue weighted by molar-refractivity contribution is -0.137. The quantitative estimate of drug-likeness (QED) is 0.845. The molecule has 130 valence electrons. The molecule has 3 fully saturated rings. The molecule has 2 atom stereocenters. The molecule has 1 aromatic heterocycles. The number of nitrogens with zero attached hydrogens (tertiary/aromatic N) is 4. The van der Waals surface area contributed by atoms with Crippen LogP contribution in [0.3, 0.4) is 0 Å². The second kappa shape index (κ2) is 6.67. The van der Waals surface area contributed by atoms with Gasteiger partial charge in [0.1, 0.15) is 0 Å². The first-order chi connectivity index (χ1) is 11.7. The fourth-order valence-corrected chi connectivity index (χ4v) is 4.42. The molecule has 1 amide bonds. The molecule has 0 spiro atoms. The fraction of sp³-hybridized carbons (Fsp3) is 0.722. The van der Waals surface area contributed by atoms with Crippen LogP contribution in [0.25, 0.3) is 0 Å². The third kappa shape index (κ3) is 2.99. The van der Waals surface area contributed by atoms with E-state index >= 15 is 0 Å². The first-order valence-electron chi connectivity index (χ1n) is 9.16. The second-order valence-corrected chi connectivity index (χ2v) is 7.29. The molecule has 3 aliphatic heterocycles. The molecule has 0 radical (unpaired) electrons. The summed E-state index contributed by atoms with van der Waals surface area (Å²) in [5.41, 5.74) is 0.939. The molecule has 24 heavy (non-hydrogen) atoms. The summed E-state index contributed by atoms with van der Waals surface area (Å²) in [7, 11) is 0. The number of fused-ring (bicyclic) bond motifs is 1. The zero-order valence-corrected chi connectivity index (χ0v) is 14.4. The minimum absolute atomic E-state index is 0.331. The number of amides is 1. The molecule has 6 nitrogen and oxygen atoms in total. The summed E-state index contributed by atoms with van der Waals surface area (Å²) in [6, 6.07) is 4.80. The normalized spacial score (nSPS) is 28.3. The molecular weight excluding hydrogens is 304 g/mol. The van der Waals surface area contributed by atoms with E-state index in [2.05, 4.69) is 26.1 Å². The van der Waals surface area contributed by atoms with Gasteiger partial charge < -0.3 is 14.5 Å². The number of rotatable bonds is 3. The summed E-state index contributed by atoms with van der Waals surface area (Å²) in [4.78, 5) is 17.1. The van der Waals surface area contributed by atoms with Gasteiger partial charge in [-0.1, -0.05) is 0 Å². The Hall–Kier alpha value is -1.69. The molecule has 4 heterocycles. The van der Waals surface area contributed by atoms with Crippen molar-refractivity contribution in [2.24, 2.45) is 5.92 Å². The summed E-state index contributed by atoms with van der Waals surface area (Å²) in [6.07, 6.45) is 4.78. The molecule has 1 aromatic rings. The predicted molar refractivity (Wildman–Crippen MR) is 90.8 cm³/mol. The maximum Gasteiger partial charge on any atom is 0.222 e. The van der Waals surface area contributed by atoms with E-state index in [0.29, 0.717) is 30.3 Å². The summed E-state index contributed by atoms with van der Waals surface area (Å²) < 4.78 is 5.46. The summed E-state index contributed by atoms with van der Waals surface area (Å²) in [6.45, 7) is 5.50. The Labute approximate surface area is 143 Å². The standard InChI is InChI=1S/C18H26N4O2/c1-13-2-4-17(20-19-13)21-9-6-16-15(21)3-5-18(23)22(16)12-14-7-10-24-11-8-14/h2,4,14-16H,3,5-12H2,1H3/t15-,16-/m1/s1. The van der Waals surface area contributed by atoms with E-state index in [9.17, 15) is 4.79 Å². The Bertz CT molecular complexity index is 585. The fourth-order valence-electron chi connectivity index (χ4n) is 4.42. The Morgan fingerprint density at radius 2 is 1.96 bits per heavy atom. The summed E-state index contributed by atoms with van der Waals surface area (Å²) in [5, 5.41) is 8.57. The molecule has 6 heteroatoms. The molecule has 0 unspecified atom stereocenters. The molecule has 3 saturated heterocycles. The van der Waals surface area contributed by atoms with Gasteiger partial charge in [0.2, 0.25) is 5.91 Å². The van der Waals surface area contributed by atoms with Crippen molar-refractivity contribution >= 4 is 11.7 Å². The van der Waals surface area contributed by atoms with Gasteiger partial charge in [0.15, 0.2) is 5.82 Å². The number of aryl methyl sites for hydroxylation is 1. The van der Waals surface area contributed by atoms with Crippen LogP contribution in [0, 0.1) is 12.8 Å². The van der Waals surface area contributed by atoms with Crippen LogP contribution >= 0.6 is 0 Å². The largest absolute Gasteiger partial charge is 0.381 e. The topological polar surface area (TPSA) is 58.6 Å². The highest BCUT2D eigenvalue weighted by atomic mass is 16.5. The van der Waals surface area contributed by atoms with Crippen molar-refractivity contribution in [3.63, 3.8) is 0 Å². The number of aromatic nitrogens is 2. The number of carbonyl (C=O) groups excluding carboxylic acids is 1. The zero-order chi connectivity index (χ0) is 16.5. The Balaban J connectivity index is 1.49. The lowest BCUT2D eigenvalue weighted by Crippen LogP contribution is -2.54. The first-order valence-corrected chi connectivity index (χ1v) is 9.16. The molecule has 3 aliphatic rings. The molecule has 0 aromatic carbocycles. The van der Waals surface area contributed by atoms with E-state index < -0.39 is 0 Å². The van der Waals surface area contributed by atoms with Crippen molar-refractivity contribution in [2.45, 2.75) is 51.1 Å². The summed E-state index contributed by atoms with van der Waals surface area (Å²) in [5.74, 6) is 1.88. The van der Waals surface area contributed by atoms with Crippen LogP contribution in [-0.4, -0.2) is 59.4 Å². The van der Waals surface area contributed by atoms with Crippen LogP contribution < -0.4 is 4.90 Å². The number of anilines is 1. The molecule has 0 bridgehead atoms. The van der Waals surface area contributed by atoms with Crippen LogP contribution in [-0.2, 0) is 9.53 Å². The molecule has 0 saturated carbocycles. The van der Waals surface area contributed by atoms with Crippen molar-refractivity contribution in [3.8, 4) is 0 Å². The molecular formula is C18H26N4O2. The average molecular weight is 330 g/mol. The van der Waals surface area contributed by atoms with Crippen LogP contribution in [0.15, 0.2) is 12.1 Å². The number of ether oxygens (including phenoxy) is 1. The number of carbonyl (C=O) groups is 1. The molecule has 0 aliphatic carbocycles. The van der Waals surface area contributed by atoms with Crippen LogP contribution in [0.4, 0.5) is 5.82 Å². The minimum Gasteiger partial charge on any atom is -0.381 e. The van der Waals surface area contributed by atoms with E-state index in [1.807, 2.05) is 13.0 Å². The van der Waals surface area contributed by atoms with Gasteiger partial charge in [0.25, 0.3) is 0 Å². The van der Waals surface area contributed by atoms with E-state index in [4.69, 9.17) is 4.74 Å². The highest BCUT2D eigenvalue weighted by Crippen LogP contribution is 2.35. The average Bonchev–Trinajstić information content (AvgIpc) is 3.03. The van der Waals surface area contributed by atoms with Crippen LogP contribution in [0.5, 0.6) is 0 Å². The highest BCUT2D eigenvalue weighted by Gasteiger charge is 2.44. The van der Waals surface area contributed by atoms with Crippen LogP contribution in [0.2, 0.25) is 0 Å². The predicted octanol–water partition coefficient (Wildman–Crippen LogP) is 1.78. The summed E-state index contributed by atoms with van der Waals surface area (Å²) >= 11 is 0. The van der Waals surface area contributed by atoms with E-state index in [0.717, 1.165) is 63.5 Å². The van der Waals surface area contributed by atoms with E-state index in [-0.39, 0.29) is 0 Å². The van der Waals surface area contributed by atoms with Crippen molar-refractivity contribution in [3.05, 3.63) is 17.8 Å². The Kier molecular flexibility index (Phi) is 4.39. The van der Waals surface area contributed by atoms with Gasteiger partial charge in [-0.3, -0.25) is 4.79 Å². The first kappa shape index (κ1) is 15.8. The lowest BCUT2D eigenvalue weighted by Gasteiger charge is -2.42. The van der Waals surface area contributed by atoms with Crippen LogP contribution in [0.1, 0.15) is 37.8 Å². The third-order valence-corrected chi connectivity index (χ3v) is 5.76. The lowest BCUT2D eigenvalue weighted by atomic mass is 9.92. The van der Waals surface area contributed by atoms with Gasteiger partial charge in [0.05, 0.1) is 17.8 Å². The SMILES string of the molecule is Cc1ccc(N2CC[C@@H]3[C@H]2CCC(=O)N3CC2CCOCC2)nn1. The van der Waals surface area contributed by atoms with Gasteiger partial charge in [-0.15, -0.1) is 5.10 Å².